The quantitative estimate of drug-likeness (QED) is 0.661. The van der Waals surface area contributed by atoms with Crippen molar-refractivity contribution in [2.75, 3.05) is 11.9 Å². The zero-order valence-corrected chi connectivity index (χ0v) is 11.4. The summed E-state index contributed by atoms with van der Waals surface area (Å²) in [5.74, 6) is -1.41. The summed E-state index contributed by atoms with van der Waals surface area (Å²) in [6.07, 6.45) is 1.78. The van der Waals surface area contributed by atoms with E-state index in [1.807, 2.05) is 6.92 Å². The molecule has 0 aliphatic rings. The molecule has 2 amide bonds. The molecule has 2 N–H and O–H groups in total. The van der Waals surface area contributed by atoms with Crippen LogP contribution in [-0.4, -0.2) is 18.4 Å². The maximum absolute atomic E-state index is 11.5. The molecule has 1 aromatic carbocycles. The Morgan fingerprint density at radius 1 is 1.22 bits per heavy atom. The zero-order valence-electron chi connectivity index (χ0n) is 9.93. The van der Waals surface area contributed by atoms with Crippen LogP contribution < -0.4 is 10.6 Å². The molecule has 0 atom stereocenters. The molecule has 0 aliphatic carbocycles. The summed E-state index contributed by atoms with van der Waals surface area (Å²) >= 11 is 11.6. The van der Waals surface area contributed by atoms with Crippen LogP contribution in [0.1, 0.15) is 19.8 Å². The minimum absolute atomic E-state index is 0.289. The van der Waals surface area contributed by atoms with Gasteiger partial charge in [0.05, 0.1) is 10.7 Å². The number of nitrogens with one attached hydrogen (secondary N) is 2. The van der Waals surface area contributed by atoms with Gasteiger partial charge in [-0.3, -0.25) is 9.59 Å². The van der Waals surface area contributed by atoms with Crippen molar-refractivity contribution in [3.8, 4) is 0 Å². The first-order chi connectivity index (χ1) is 8.54. The fourth-order valence-corrected chi connectivity index (χ4v) is 1.68. The Morgan fingerprint density at radius 2 is 1.94 bits per heavy atom. The van der Waals surface area contributed by atoms with Crippen LogP contribution in [0, 0.1) is 0 Å². The van der Waals surface area contributed by atoms with Crippen LogP contribution in [-0.2, 0) is 9.59 Å². The first kappa shape index (κ1) is 14.8. The van der Waals surface area contributed by atoms with Crippen LogP contribution in [0.2, 0.25) is 10.0 Å². The van der Waals surface area contributed by atoms with Gasteiger partial charge in [-0.05, 0) is 24.6 Å². The van der Waals surface area contributed by atoms with Crippen LogP contribution in [0.25, 0.3) is 0 Å². The van der Waals surface area contributed by atoms with Gasteiger partial charge >= 0.3 is 11.8 Å². The summed E-state index contributed by atoms with van der Waals surface area (Å²) in [6.45, 7) is 2.48. The average Bonchev–Trinajstić information content (AvgIpc) is 2.32. The van der Waals surface area contributed by atoms with E-state index < -0.39 is 11.8 Å². The molecule has 0 aliphatic heterocycles. The van der Waals surface area contributed by atoms with Gasteiger partial charge in [-0.2, -0.15) is 0 Å². The summed E-state index contributed by atoms with van der Waals surface area (Å²) in [5, 5.41) is 5.69. The summed E-state index contributed by atoms with van der Waals surface area (Å²) in [5.41, 5.74) is 0.358. The third-order valence-electron chi connectivity index (χ3n) is 2.20. The molecule has 0 spiro atoms. The number of anilines is 1. The lowest BCUT2D eigenvalue weighted by molar-refractivity contribution is -0.136. The van der Waals surface area contributed by atoms with Gasteiger partial charge in [0.1, 0.15) is 0 Å². The molecule has 1 aromatic rings. The SMILES string of the molecule is CCCCNC(=O)C(=O)Nc1ccc(Cl)cc1Cl. The second kappa shape index (κ2) is 7.24. The van der Waals surface area contributed by atoms with Gasteiger partial charge in [0.2, 0.25) is 0 Å². The summed E-state index contributed by atoms with van der Waals surface area (Å²) in [4.78, 5) is 22.9. The second-order valence-electron chi connectivity index (χ2n) is 3.69. The molecule has 0 heterocycles. The number of halogens is 2. The highest BCUT2D eigenvalue weighted by Gasteiger charge is 2.14. The highest BCUT2D eigenvalue weighted by molar-refractivity contribution is 6.42. The monoisotopic (exact) mass is 288 g/mol. The standard InChI is InChI=1S/C12H14Cl2N2O2/c1-2-3-6-15-11(17)12(18)16-10-5-4-8(13)7-9(10)14/h4-5,7H,2-3,6H2,1H3,(H,15,17)(H,16,18). The Kier molecular flexibility index (Phi) is 5.95. The van der Waals surface area contributed by atoms with Crippen LogP contribution in [0.15, 0.2) is 18.2 Å². The molecule has 0 fully saturated rings. The number of benzene rings is 1. The van der Waals surface area contributed by atoms with E-state index in [2.05, 4.69) is 10.6 Å². The lowest BCUT2D eigenvalue weighted by Gasteiger charge is -2.07. The Hall–Kier alpha value is -1.26. The lowest BCUT2D eigenvalue weighted by Crippen LogP contribution is -2.35. The molecule has 4 nitrogen and oxygen atoms in total. The number of amides is 2. The zero-order chi connectivity index (χ0) is 13.5. The van der Waals surface area contributed by atoms with Crippen molar-refractivity contribution in [3.63, 3.8) is 0 Å². The van der Waals surface area contributed by atoms with Crippen LogP contribution >= 0.6 is 23.2 Å². The van der Waals surface area contributed by atoms with Gasteiger partial charge in [-0.25, -0.2) is 0 Å². The van der Waals surface area contributed by atoms with E-state index in [9.17, 15) is 9.59 Å². The molecular weight excluding hydrogens is 275 g/mol. The fourth-order valence-electron chi connectivity index (χ4n) is 1.23. The van der Waals surface area contributed by atoms with E-state index in [1.54, 1.807) is 12.1 Å². The minimum Gasteiger partial charge on any atom is -0.348 e. The molecular formula is C12H14Cl2N2O2. The van der Waals surface area contributed by atoms with Crippen molar-refractivity contribution >= 4 is 40.7 Å². The Labute approximate surface area is 116 Å². The van der Waals surface area contributed by atoms with E-state index in [4.69, 9.17) is 23.2 Å². The number of unbranched alkanes of at least 4 members (excludes halogenated alkanes) is 1. The maximum Gasteiger partial charge on any atom is 0.313 e. The summed E-state index contributed by atoms with van der Waals surface area (Å²) in [7, 11) is 0. The fraction of sp³-hybridized carbons (Fsp3) is 0.333. The predicted octanol–water partition coefficient (Wildman–Crippen LogP) is 2.85. The van der Waals surface area contributed by atoms with Gasteiger partial charge in [0.15, 0.2) is 0 Å². The molecule has 0 radical (unpaired) electrons. The second-order valence-corrected chi connectivity index (χ2v) is 4.53. The van der Waals surface area contributed by atoms with Gasteiger partial charge in [-0.15, -0.1) is 0 Å². The highest BCUT2D eigenvalue weighted by Crippen LogP contribution is 2.25. The Balaban J connectivity index is 2.56. The molecule has 0 saturated carbocycles. The third kappa shape index (κ3) is 4.55. The van der Waals surface area contributed by atoms with E-state index in [-0.39, 0.29) is 5.02 Å². The Morgan fingerprint density at radius 3 is 2.56 bits per heavy atom. The lowest BCUT2D eigenvalue weighted by atomic mass is 10.3. The van der Waals surface area contributed by atoms with Crippen molar-refractivity contribution in [1.82, 2.24) is 5.32 Å². The van der Waals surface area contributed by atoms with Crippen molar-refractivity contribution in [2.45, 2.75) is 19.8 Å². The van der Waals surface area contributed by atoms with Crippen molar-refractivity contribution in [2.24, 2.45) is 0 Å². The first-order valence-corrected chi connectivity index (χ1v) is 6.34. The largest absolute Gasteiger partial charge is 0.348 e. The van der Waals surface area contributed by atoms with Crippen molar-refractivity contribution in [3.05, 3.63) is 28.2 Å². The number of carbonyl (C=O) groups is 2. The van der Waals surface area contributed by atoms with E-state index in [1.165, 1.54) is 6.07 Å². The van der Waals surface area contributed by atoms with Crippen LogP contribution in [0.5, 0.6) is 0 Å². The smallest absolute Gasteiger partial charge is 0.313 e. The number of hydrogen-bond acceptors (Lipinski definition) is 2. The molecule has 6 heteroatoms. The van der Waals surface area contributed by atoms with Gasteiger partial charge < -0.3 is 10.6 Å². The van der Waals surface area contributed by atoms with Crippen LogP contribution in [0.4, 0.5) is 5.69 Å². The molecule has 0 bridgehead atoms. The summed E-state index contributed by atoms with van der Waals surface area (Å²) in [6, 6.07) is 4.62. The topological polar surface area (TPSA) is 58.2 Å². The van der Waals surface area contributed by atoms with E-state index in [0.717, 1.165) is 12.8 Å². The molecule has 18 heavy (non-hydrogen) atoms. The van der Waals surface area contributed by atoms with E-state index >= 15 is 0 Å². The number of carbonyl (C=O) groups excluding carboxylic acids is 2. The Bertz CT molecular complexity index is 450. The van der Waals surface area contributed by atoms with Gasteiger partial charge in [0, 0.05) is 11.6 Å². The van der Waals surface area contributed by atoms with Crippen molar-refractivity contribution in [1.29, 1.82) is 0 Å². The maximum atomic E-state index is 11.5. The predicted molar refractivity (Wildman–Crippen MR) is 73.0 cm³/mol. The van der Waals surface area contributed by atoms with E-state index in [0.29, 0.717) is 17.3 Å². The normalized spacial score (nSPS) is 9.94. The highest BCUT2D eigenvalue weighted by atomic mass is 35.5. The molecule has 1 rings (SSSR count). The molecule has 0 unspecified atom stereocenters. The van der Waals surface area contributed by atoms with Gasteiger partial charge in [-0.1, -0.05) is 36.5 Å². The molecule has 0 saturated heterocycles. The van der Waals surface area contributed by atoms with Crippen LogP contribution in [0.3, 0.4) is 0 Å². The van der Waals surface area contributed by atoms with Crippen molar-refractivity contribution < 1.29 is 9.59 Å². The number of hydrogen-bond donors (Lipinski definition) is 2. The minimum atomic E-state index is -0.740. The third-order valence-corrected chi connectivity index (χ3v) is 2.75. The molecule has 98 valence electrons. The first-order valence-electron chi connectivity index (χ1n) is 5.58. The summed E-state index contributed by atoms with van der Waals surface area (Å²) < 4.78 is 0. The van der Waals surface area contributed by atoms with Gasteiger partial charge in [0.25, 0.3) is 0 Å². The number of rotatable bonds is 4. The molecule has 0 aromatic heterocycles. The average molecular weight is 289 g/mol.